The summed E-state index contributed by atoms with van der Waals surface area (Å²) >= 11 is 0. The molecule has 2 aromatic rings. The predicted molar refractivity (Wildman–Crippen MR) is 91.4 cm³/mol. The Hall–Kier alpha value is -2.20. The van der Waals surface area contributed by atoms with Gasteiger partial charge in [0.1, 0.15) is 6.10 Å². The normalized spacial score (nSPS) is 16.8. The van der Waals surface area contributed by atoms with E-state index in [9.17, 15) is 4.79 Å². The van der Waals surface area contributed by atoms with Gasteiger partial charge in [0.05, 0.1) is 0 Å². The van der Waals surface area contributed by atoms with Gasteiger partial charge in [-0.3, -0.25) is 0 Å². The Balaban J connectivity index is 1.89. The molecule has 3 nitrogen and oxygen atoms in total. The Bertz CT molecular complexity index is 627. The zero-order chi connectivity index (χ0) is 17.0. The molecular weight excluding hydrogens is 305 g/mol. The first-order chi connectivity index (χ1) is 11.6. The maximum atomic E-state index is 16.0. The highest BCUT2D eigenvalue weighted by Gasteiger charge is 2.45. The van der Waals surface area contributed by atoms with Gasteiger partial charge in [-0.05, 0) is 19.9 Å². The zero-order valence-electron chi connectivity index (χ0n) is 13.8. The van der Waals surface area contributed by atoms with Crippen LogP contribution in [0.2, 0.25) is 0 Å². The molecule has 0 saturated carbocycles. The van der Waals surface area contributed by atoms with Crippen molar-refractivity contribution in [1.82, 2.24) is 4.90 Å². The molecule has 1 aliphatic heterocycles. The van der Waals surface area contributed by atoms with E-state index in [1.54, 1.807) is 60.7 Å². The number of rotatable bonds is 4. The van der Waals surface area contributed by atoms with Gasteiger partial charge in [-0.1, -0.05) is 60.7 Å². The molecule has 4 heteroatoms. The van der Waals surface area contributed by atoms with E-state index in [1.165, 1.54) is 0 Å². The molecule has 0 aliphatic carbocycles. The molecule has 0 N–H and O–H groups in total. The largest absolute Gasteiger partial charge is 0.459 e. The van der Waals surface area contributed by atoms with Crippen molar-refractivity contribution in [2.75, 3.05) is 20.1 Å². The second-order valence-corrected chi connectivity index (χ2v) is 6.30. The highest BCUT2D eigenvalue weighted by molar-refractivity contribution is 5.85. The van der Waals surface area contributed by atoms with Crippen LogP contribution in [-0.4, -0.2) is 37.1 Å². The van der Waals surface area contributed by atoms with Gasteiger partial charge in [0.2, 0.25) is 0 Å². The SMILES string of the molecule is CN1CCC(OC(=O)C(F)(c2ccccc2)c2ccccc2)CC1. The first-order valence-corrected chi connectivity index (χ1v) is 8.30. The summed E-state index contributed by atoms with van der Waals surface area (Å²) in [6, 6.07) is 17.0. The summed E-state index contributed by atoms with van der Waals surface area (Å²) in [5, 5.41) is 0. The molecule has 0 bridgehead atoms. The third kappa shape index (κ3) is 3.34. The van der Waals surface area contributed by atoms with Crippen LogP contribution in [0.15, 0.2) is 60.7 Å². The van der Waals surface area contributed by atoms with E-state index in [4.69, 9.17) is 4.74 Å². The number of ether oxygens (including phenoxy) is 1. The van der Waals surface area contributed by atoms with Crippen molar-refractivity contribution < 1.29 is 13.9 Å². The molecule has 2 aromatic carbocycles. The fourth-order valence-electron chi connectivity index (χ4n) is 3.07. The number of piperidine rings is 1. The number of benzene rings is 2. The fraction of sp³-hybridized carbons (Fsp3) is 0.350. The molecule has 0 unspecified atom stereocenters. The van der Waals surface area contributed by atoms with Crippen LogP contribution >= 0.6 is 0 Å². The third-order valence-electron chi connectivity index (χ3n) is 4.56. The summed E-state index contributed by atoms with van der Waals surface area (Å²) in [7, 11) is 2.03. The quantitative estimate of drug-likeness (QED) is 0.805. The molecule has 1 saturated heterocycles. The molecular formula is C20H22FNO2. The molecule has 3 rings (SSSR count). The van der Waals surface area contributed by atoms with Gasteiger partial charge in [0, 0.05) is 24.2 Å². The van der Waals surface area contributed by atoms with E-state index in [0.29, 0.717) is 11.1 Å². The number of alkyl halides is 1. The van der Waals surface area contributed by atoms with Crippen molar-refractivity contribution >= 4 is 5.97 Å². The average Bonchev–Trinajstić information content (AvgIpc) is 2.64. The van der Waals surface area contributed by atoms with Crippen LogP contribution in [0.3, 0.4) is 0 Å². The van der Waals surface area contributed by atoms with Gasteiger partial charge >= 0.3 is 5.97 Å². The first-order valence-electron chi connectivity index (χ1n) is 8.30. The highest BCUT2D eigenvalue weighted by Crippen LogP contribution is 2.36. The Kier molecular flexibility index (Phi) is 4.95. The van der Waals surface area contributed by atoms with Crippen molar-refractivity contribution in [3.05, 3.63) is 71.8 Å². The predicted octanol–water partition coefficient (Wildman–Crippen LogP) is 3.54. The molecule has 1 aliphatic rings. The van der Waals surface area contributed by atoms with Crippen molar-refractivity contribution in [2.45, 2.75) is 24.6 Å². The number of carbonyl (C=O) groups excluding carboxylic acids is 1. The van der Waals surface area contributed by atoms with Crippen LogP contribution in [-0.2, 0) is 15.2 Å². The molecule has 1 heterocycles. The van der Waals surface area contributed by atoms with Crippen molar-refractivity contribution in [3.63, 3.8) is 0 Å². The Labute approximate surface area is 142 Å². The lowest BCUT2D eigenvalue weighted by Crippen LogP contribution is -2.40. The van der Waals surface area contributed by atoms with E-state index < -0.39 is 11.6 Å². The number of halogens is 1. The van der Waals surface area contributed by atoms with Gasteiger partial charge in [-0.15, -0.1) is 0 Å². The molecule has 1 fully saturated rings. The summed E-state index contributed by atoms with van der Waals surface area (Å²) < 4.78 is 21.6. The summed E-state index contributed by atoms with van der Waals surface area (Å²) in [5.74, 6) is -0.825. The number of carbonyl (C=O) groups is 1. The van der Waals surface area contributed by atoms with E-state index in [-0.39, 0.29) is 6.10 Å². The monoisotopic (exact) mass is 327 g/mol. The second kappa shape index (κ2) is 7.14. The fourth-order valence-corrected chi connectivity index (χ4v) is 3.07. The third-order valence-corrected chi connectivity index (χ3v) is 4.56. The van der Waals surface area contributed by atoms with Gasteiger partial charge < -0.3 is 9.64 Å². The zero-order valence-corrected chi connectivity index (χ0v) is 13.8. The number of hydrogen-bond donors (Lipinski definition) is 0. The van der Waals surface area contributed by atoms with Gasteiger partial charge in [-0.25, -0.2) is 9.18 Å². The lowest BCUT2D eigenvalue weighted by Gasteiger charge is -2.31. The molecule has 0 aromatic heterocycles. The minimum absolute atomic E-state index is 0.226. The molecule has 0 spiro atoms. The molecule has 0 radical (unpaired) electrons. The number of nitrogens with zero attached hydrogens (tertiary/aromatic N) is 1. The Morgan fingerprint density at radius 1 is 1.00 bits per heavy atom. The van der Waals surface area contributed by atoms with Crippen molar-refractivity contribution in [3.8, 4) is 0 Å². The minimum atomic E-state index is -2.29. The lowest BCUT2D eigenvalue weighted by molar-refractivity contribution is -0.163. The maximum absolute atomic E-state index is 16.0. The number of likely N-dealkylation sites (tertiary alicyclic amines) is 1. The standard InChI is InChI=1S/C20H22FNO2/c1-22-14-12-18(13-15-22)24-19(23)20(21,16-8-4-2-5-9-16)17-10-6-3-7-11-17/h2-11,18H,12-15H2,1H3. The summed E-state index contributed by atoms with van der Waals surface area (Å²) in [6.07, 6.45) is 1.25. The van der Waals surface area contributed by atoms with Crippen LogP contribution < -0.4 is 0 Å². The molecule has 24 heavy (non-hydrogen) atoms. The van der Waals surface area contributed by atoms with E-state index in [1.807, 2.05) is 7.05 Å². The van der Waals surface area contributed by atoms with Gasteiger partial charge in [0.25, 0.3) is 5.67 Å². The smallest absolute Gasteiger partial charge is 0.353 e. The number of esters is 1. The van der Waals surface area contributed by atoms with Gasteiger partial charge in [-0.2, -0.15) is 0 Å². The Morgan fingerprint density at radius 3 is 1.92 bits per heavy atom. The van der Waals surface area contributed by atoms with E-state index >= 15 is 4.39 Å². The summed E-state index contributed by atoms with van der Waals surface area (Å²) in [4.78, 5) is 15.0. The molecule has 0 atom stereocenters. The topological polar surface area (TPSA) is 29.5 Å². The summed E-state index contributed by atoms with van der Waals surface area (Å²) in [5.41, 5.74) is -1.69. The van der Waals surface area contributed by atoms with Gasteiger partial charge in [0.15, 0.2) is 0 Å². The Morgan fingerprint density at radius 2 is 1.46 bits per heavy atom. The average molecular weight is 327 g/mol. The van der Waals surface area contributed by atoms with E-state index in [2.05, 4.69) is 4.90 Å². The molecule has 0 amide bonds. The van der Waals surface area contributed by atoms with Crippen molar-refractivity contribution in [1.29, 1.82) is 0 Å². The number of hydrogen-bond acceptors (Lipinski definition) is 3. The maximum Gasteiger partial charge on any atom is 0.353 e. The highest BCUT2D eigenvalue weighted by atomic mass is 19.1. The van der Waals surface area contributed by atoms with Crippen LogP contribution in [0.1, 0.15) is 24.0 Å². The van der Waals surface area contributed by atoms with Crippen LogP contribution in [0.5, 0.6) is 0 Å². The minimum Gasteiger partial charge on any atom is -0.459 e. The van der Waals surface area contributed by atoms with Crippen molar-refractivity contribution in [2.24, 2.45) is 0 Å². The van der Waals surface area contributed by atoms with Crippen LogP contribution in [0.25, 0.3) is 0 Å². The van der Waals surface area contributed by atoms with Crippen LogP contribution in [0.4, 0.5) is 4.39 Å². The summed E-state index contributed by atoms with van der Waals surface area (Å²) in [6.45, 7) is 1.71. The first kappa shape index (κ1) is 16.7. The van der Waals surface area contributed by atoms with E-state index in [0.717, 1.165) is 25.9 Å². The second-order valence-electron chi connectivity index (χ2n) is 6.30. The lowest BCUT2D eigenvalue weighted by atomic mass is 9.88. The van der Waals surface area contributed by atoms with Crippen LogP contribution in [0, 0.1) is 0 Å². The molecule has 126 valence electrons.